The predicted molar refractivity (Wildman–Crippen MR) is 110 cm³/mol. The molecule has 29 heavy (non-hydrogen) atoms. The second-order valence-corrected chi connectivity index (χ2v) is 8.55. The quantitative estimate of drug-likeness (QED) is 0.581. The molecule has 2 aromatic heterocycles. The summed E-state index contributed by atoms with van der Waals surface area (Å²) < 4.78 is 32.3. The van der Waals surface area contributed by atoms with Gasteiger partial charge in [0.15, 0.2) is 5.00 Å². The molecular weight excluding hydrogens is 418 g/mol. The Hall–Kier alpha value is -2.63. The highest BCUT2D eigenvalue weighted by Crippen LogP contribution is 2.34. The second kappa shape index (κ2) is 8.01. The first-order valence-corrected chi connectivity index (χ1v) is 10.6. The Labute approximate surface area is 173 Å². The number of rotatable bonds is 4. The minimum Gasteiger partial charge on any atom is -0.385 e. The monoisotopic (exact) mass is 437 g/mol. The van der Waals surface area contributed by atoms with Gasteiger partial charge in [0.25, 0.3) is 5.01 Å². The van der Waals surface area contributed by atoms with Gasteiger partial charge < -0.3 is 21.7 Å². The lowest BCUT2D eigenvalue weighted by Crippen LogP contribution is -2.39. The minimum absolute atomic E-state index is 0.0467. The van der Waals surface area contributed by atoms with Crippen molar-refractivity contribution in [2.24, 2.45) is 5.73 Å². The number of aromatic amines is 1. The van der Waals surface area contributed by atoms with Gasteiger partial charge >= 0.3 is 11.6 Å². The molecule has 0 aliphatic carbocycles. The van der Waals surface area contributed by atoms with E-state index in [4.69, 9.17) is 11.5 Å². The maximum absolute atomic E-state index is 14.1. The van der Waals surface area contributed by atoms with E-state index in [1.54, 1.807) is 6.20 Å². The van der Waals surface area contributed by atoms with Crippen LogP contribution in [0.4, 0.5) is 24.5 Å². The van der Waals surface area contributed by atoms with Gasteiger partial charge in [0, 0.05) is 19.1 Å². The second-order valence-electron chi connectivity index (χ2n) is 6.72. The first-order chi connectivity index (χ1) is 13.9. The summed E-state index contributed by atoms with van der Waals surface area (Å²) in [6, 6.07) is 3.76. The summed E-state index contributed by atoms with van der Waals surface area (Å²) >= 11 is 2.20. The van der Waals surface area contributed by atoms with Gasteiger partial charge in [0.1, 0.15) is 22.2 Å². The van der Waals surface area contributed by atoms with Crippen molar-refractivity contribution in [2.45, 2.75) is 18.9 Å². The maximum Gasteiger partial charge on any atom is 0.323 e. The molecule has 11 heteroatoms. The van der Waals surface area contributed by atoms with Crippen LogP contribution < -0.4 is 26.7 Å². The maximum atomic E-state index is 14.1. The van der Waals surface area contributed by atoms with Crippen molar-refractivity contribution in [3.63, 3.8) is 0 Å². The lowest BCUT2D eigenvalue weighted by molar-refractivity contribution is -0.361. The van der Waals surface area contributed by atoms with E-state index in [0.29, 0.717) is 5.69 Å². The van der Waals surface area contributed by atoms with Crippen molar-refractivity contribution in [3.05, 3.63) is 41.7 Å². The van der Waals surface area contributed by atoms with Crippen molar-refractivity contribution < 1.29 is 18.6 Å². The molecule has 1 aliphatic heterocycles. The topological polar surface area (TPSA) is 111 Å². The highest BCUT2D eigenvalue weighted by molar-refractivity contribution is 7.18. The number of halogens is 2. The number of carbonyl (C=O) groups is 1. The molecule has 6 N–H and O–H groups in total. The molecule has 152 valence electrons. The molecule has 0 spiro atoms. The lowest BCUT2D eigenvalue weighted by Gasteiger charge is -2.31. The van der Waals surface area contributed by atoms with Gasteiger partial charge in [-0.05, 0) is 47.8 Å². The summed E-state index contributed by atoms with van der Waals surface area (Å²) in [6.07, 6.45) is 3.31. The molecular formula is C18H19F2N6OS2+. The molecule has 1 amide bonds. The fraction of sp³-hybridized carbons (Fsp3) is 0.278. The third kappa shape index (κ3) is 3.93. The van der Waals surface area contributed by atoms with Crippen molar-refractivity contribution in [3.8, 4) is 10.6 Å². The lowest BCUT2D eigenvalue weighted by atomic mass is 10.1. The third-order valence-corrected chi connectivity index (χ3v) is 6.54. The van der Waals surface area contributed by atoms with Crippen LogP contribution in [0.3, 0.4) is 0 Å². The average Bonchev–Trinajstić information content (AvgIpc) is 3.29. The molecule has 1 saturated heterocycles. The molecule has 3 heterocycles. The summed E-state index contributed by atoms with van der Waals surface area (Å²) in [6.45, 7) is 1.57. The fourth-order valence-electron chi connectivity index (χ4n) is 3.19. The zero-order chi connectivity index (χ0) is 20.5. The van der Waals surface area contributed by atoms with Crippen LogP contribution in [-0.2, 0) is 0 Å². The Balaban J connectivity index is 1.56. The largest absolute Gasteiger partial charge is 0.385 e. The zero-order valence-corrected chi connectivity index (χ0v) is 16.9. The molecule has 4 rings (SSSR count). The van der Waals surface area contributed by atoms with E-state index in [2.05, 4.69) is 19.6 Å². The van der Waals surface area contributed by atoms with E-state index in [1.807, 2.05) is 0 Å². The highest BCUT2D eigenvalue weighted by Gasteiger charge is 2.29. The van der Waals surface area contributed by atoms with Crippen LogP contribution in [-0.4, -0.2) is 29.4 Å². The molecule has 1 aromatic carbocycles. The summed E-state index contributed by atoms with van der Waals surface area (Å²) in [4.78, 5) is 17.7. The highest BCUT2D eigenvalue weighted by atomic mass is 32.1. The van der Waals surface area contributed by atoms with E-state index >= 15 is 0 Å². The molecule has 7 nitrogen and oxygen atoms in total. The number of piperidine rings is 1. The Kier molecular flexibility index (Phi) is 5.43. The van der Waals surface area contributed by atoms with Crippen molar-refractivity contribution in [1.82, 2.24) is 4.37 Å². The van der Waals surface area contributed by atoms with Crippen LogP contribution in [0.1, 0.15) is 23.3 Å². The summed E-state index contributed by atoms with van der Waals surface area (Å²) in [5.74, 6) is -1.97. The number of nitrogens with two attached hydrogens (primary N) is 2. The molecule has 0 saturated carbocycles. The van der Waals surface area contributed by atoms with Gasteiger partial charge in [0.2, 0.25) is 0 Å². The van der Waals surface area contributed by atoms with Gasteiger partial charge in [-0.2, -0.15) is 9.36 Å². The number of H-pyrrole nitrogens is 1. The average molecular weight is 438 g/mol. The van der Waals surface area contributed by atoms with Gasteiger partial charge in [-0.1, -0.05) is 6.07 Å². The number of anilines is 3. The van der Waals surface area contributed by atoms with E-state index in [0.717, 1.165) is 54.4 Å². The molecule has 0 atom stereocenters. The fourth-order valence-corrected chi connectivity index (χ4v) is 4.87. The number of amides is 1. The van der Waals surface area contributed by atoms with E-state index < -0.39 is 17.5 Å². The van der Waals surface area contributed by atoms with Crippen molar-refractivity contribution in [1.29, 1.82) is 0 Å². The number of benzene rings is 1. The van der Waals surface area contributed by atoms with Crippen LogP contribution in [0, 0.1) is 11.6 Å². The first kappa shape index (κ1) is 19.7. The minimum atomic E-state index is -0.734. The number of hydrogen-bond donors (Lipinski definition) is 3. The molecule has 3 aromatic rings. The molecule has 0 bridgehead atoms. The predicted octanol–water partition coefficient (Wildman–Crippen LogP) is 2.73. The van der Waals surface area contributed by atoms with Crippen molar-refractivity contribution in [2.75, 3.05) is 29.0 Å². The van der Waals surface area contributed by atoms with Crippen LogP contribution in [0.25, 0.3) is 10.6 Å². The molecule has 1 aliphatic rings. The normalized spacial score (nSPS) is 14.9. The molecule has 0 radical (unpaired) electrons. The Morgan fingerprint density at radius 3 is 2.66 bits per heavy atom. The number of nitrogens with one attached hydrogen (secondary N) is 2. The number of hydrogen-bond acceptors (Lipinski definition) is 7. The van der Waals surface area contributed by atoms with E-state index in [1.165, 1.54) is 17.6 Å². The Morgan fingerprint density at radius 1 is 1.28 bits per heavy atom. The number of carbonyl (C=O) groups excluding carboxylic acids is 1. The number of nitrogen functional groups attached to an aromatic ring is 1. The Bertz CT molecular complexity index is 1020. The van der Waals surface area contributed by atoms with Gasteiger partial charge in [0.05, 0.1) is 11.9 Å². The Morgan fingerprint density at radius 2 is 1.97 bits per heavy atom. The van der Waals surface area contributed by atoms with Gasteiger partial charge in [-0.25, -0.2) is 8.78 Å². The zero-order valence-electron chi connectivity index (χ0n) is 15.2. The molecule has 0 unspecified atom stereocenters. The summed E-state index contributed by atoms with van der Waals surface area (Å²) in [7, 11) is 0. The number of aromatic nitrogens is 2. The molecule has 1 fully saturated rings. The number of nitrogens with zero attached hydrogens (tertiary/aromatic N) is 2. The summed E-state index contributed by atoms with van der Waals surface area (Å²) in [5.41, 5.74) is 12.3. The SMILES string of the molecule is Nc1sc(-c2c(F)cccc2F)[nH+]c1C(=O)Nc1cnsc1N1CCC(N)CC1. The van der Waals surface area contributed by atoms with Crippen LogP contribution >= 0.6 is 22.9 Å². The third-order valence-electron chi connectivity index (χ3n) is 4.74. The van der Waals surface area contributed by atoms with Gasteiger partial charge in [-0.3, -0.25) is 4.79 Å². The van der Waals surface area contributed by atoms with E-state index in [9.17, 15) is 13.6 Å². The standard InChI is InChI=1S/C18H18F2N6OS2/c19-10-2-1-3-11(20)13(10)17-25-14(15(22)28-17)16(27)24-12-8-23-29-18(12)26-6-4-9(21)5-7-26/h1-3,8-9H,4-7,21-22H2,(H,24,27)/p+1. The van der Waals surface area contributed by atoms with Crippen LogP contribution in [0.15, 0.2) is 24.4 Å². The van der Waals surface area contributed by atoms with Crippen molar-refractivity contribution >= 4 is 44.5 Å². The first-order valence-electron chi connectivity index (χ1n) is 8.96. The van der Waals surface area contributed by atoms with Crippen LogP contribution in [0.5, 0.6) is 0 Å². The smallest absolute Gasteiger partial charge is 0.323 e. The summed E-state index contributed by atoms with van der Waals surface area (Å²) in [5, 5.41) is 3.91. The van der Waals surface area contributed by atoms with Gasteiger partial charge in [-0.15, -0.1) is 0 Å². The van der Waals surface area contributed by atoms with Crippen LogP contribution in [0.2, 0.25) is 0 Å². The van der Waals surface area contributed by atoms with E-state index in [-0.39, 0.29) is 27.3 Å². The number of thiazole rings is 1.